The van der Waals surface area contributed by atoms with Gasteiger partial charge in [-0.2, -0.15) is 5.26 Å². The fourth-order valence-corrected chi connectivity index (χ4v) is 1.11. The second-order valence-electron chi connectivity index (χ2n) is 2.77. The maximum atomic E-state index is 8.69. The summed E-state index contributed by atoms with van der Waals surface area (Å²) in [6.07, 6.45) is 0. The Morgan fingerprint density at radius 2 is 2.23 bits per heavy atom. The van der Waals surface area contributed by atoms with Crippen LogP contribution in [-0.2, 0) is 0 Å². The molecule has 1 aromatic rings. The van der Waals surface area contributed by atoms with Crippen LogP contribution < -0.4 is 4.74 Å². The van der Waals surface area contributed by atoms with Gasteiger partial charge in [-0.1, -0.05) is 12.6 Å². The van der Waals surface area contributed by atoms with Gasteiger partial charge in [-0.15, -0.1) is 0 Å². The minimum atomic E-state index is 0.469. The Morgan fingerprint density at radius 1 is 1.54 bits per heavy atom. The summed E-state index contributed by atoms with van der Waals surface area (Å²) in [6.45, 7) is 5.60. The molecular formula is C11H11NO. The minimum absolute atomic E-state index is 0.469. The first-order chi connectivity index (χ1) is 6.19. The van der Waals surface area contributed by atoms with Crippen LogP contribution in [-0.4, -0.2) is 7.11 Å². The Morgan fingerprint density at radius 3 is 2.77 bits per heavy atom. The van der Waals surface area contributed by atoms with E-state index in [-0.39, 0.29) is 0 Å². The van der Waals surface area contributed by atoms with Crippen molar-refractivity contribution >= 4 is 5.57 Å². The Kier molecular flexibility index (Phi) is 2.71. The molecule has 0 atom stereocenters. The van der Waals surface area contributed by atoms with E-state index in [0.29, 0.717) is 5.57 Å². The zero-order chi connectivity index (χ0) is 9.84. The standard InChI is InChI=1S/C11H11NO/c1-8-4-5-10(13-3)6-11(8)9(2)7-12/h4-6H,2H2,1,3H3. The zero-order valence-corrected chi connectivity index (χ0v) is 7.79. The van der Waals surface area contributed by atoms with Crippen LogP contribution in [0.15, 0.2) is 24.8 Å². The highest BCUT2D eigenvalue weighted by Gasteiger charge is 2.03. The Hall–Kier alpha value is -1.75. The van der Waals surface area contributed by atoms with E-state index in [9.17, 15) is 0 Å². The lowest BCUT2D eigenvalue weighted by Gasteiger charge is -2.05. The maximum absolute atomic E-state index is 8.69. The van der Waals surface area contributed by atoms with Gasteiger partial charge in [0.2, 0.25) is 0 Å². The summed E-state index contributed by atoms with van der Waals surface area (Å²) in [5, 5.41) is 8.69. The SMILES string of the molecule is C=C(C#N)c1cc(OC)ccc1C. The number of hydrogen-bond donors (Lipinski definition) is 0. The molecule has 0 aliphatic heterocycles. The molecule has 0 aliphatic rings. The van der Waals surface area contributed by atoms with Crippen LogP contribution in [0.3, 0.4) is 0 Å². The molecule has 0 saturated carbocycles. The molecule has 0 saturated heterocycles. The molecule has 0 amide bonds. The van der Waals surface area contributed by atoms with Gasteiger partial charge in [0.25, 0.3) is 0 Å². The number of methoxy groups -OCH3 is 1. The number of ether oxygens (including phenoxy) is 1. The van der Waals surface area contributed by atoms with E-state index in [4.69, 9.17) is 10.00 Å². The highest BCUT2D eigenvalue weighted by atomic mass is 16.5. The molecule has 0 aromatic heterocycles. The fourth-order valence-electron chi connectivity index (χ4n) is 1.11. The number of nitrogens with zero attached hydrogens (tertiary/aromatic N) is 1. The number of rotatable bonds is 2. The van der Waals surface area contributed by atoms with Gasteiger partial charge >= 0.3 is 0 Å². The van der Waals surface area contributed by atoms with Gasteiger partial charge in [0.15, 0.2) is 0 Å². The van der Waals surface area contributed by atoms with Gasteiger partial charge < -0.3 is 4.74 Å². The third kappa shape index (κ3) is 1.88. The van der Waals surface area contributed by atoms with Crippen LogP contribution in [0.1, 0.15) is 11.1 Å². The lowest BCUT2D eigenvalue weighted by Crippen LogP contribution is -1.89. The summed E-state index contributed by atoms with van der Waals surface area (Å²) in [6, 6.07) is 7.62. The van der Waals surface area contributed by atoms with E-state index >= 15 is 0 Å². The summed E-state index contributed by atoms with van der Waals surface area (Å²) < 4.78 is 5.05. The first-order valence-corrected chi connectivity index (χ1v) is 3.93. The van der Waals surface area contributed by atoms with E-state index < -0.39 is 0 Å². The van der Waals surface area contributed by atoms with Crippen molar-refractivity contribution in [2.75, 3.05) is 7.11 Å². The summed E-state index contributed by atoms with van der Waals surface area (Å²) in [5.74, 6) is 0.747. The van der Waals surface area contributed by atoms with Crippen molar-refractivity contribution in [3.8, 4) is 11.8 Å². The summed E-state index contributed by atoms with van der Waals surface area (Å²) in [5.41, 5.74) is 2.35. The first kappa shape index (κ1) is 9.34. The van der Waals surface area contributed by atoms with E-state index in [1.807, 2.05) is 31.2 Å². The van der Waals surface area contributed by atoms with Crippen LogP contribution in [0, 0.1) is 18.3 Å². The average molecular weight is 173 g/mol. The van der Waals surface area contributed by atoms with Crippen molar-refractivity contribution in [1.29, 1.82) is 5.26 Å². The van der Waals surface area contributed by atoms with Crippen molar-refractivity contribution < 1.29 is 4.74 Å². The number of hydrogen-bond acceptors (Lipinski definition) is 2. The quantitative estimate of drug-likeness (QED) is 0.644. The van der Waals surface area contributed by atoms with Crippen LogP contribution >= 0.6 is 0 Å². The van der Waals surface area contributed by atoms with Gasteiger partial charge in [0.05, 0.1) is 18.8 Å². The number of aryl methyl sites for hydroxylation is 1. The van der Waals surface area contributed by atoms with E-state index in [2.05, 4.69) is 6.58 Å². The molecule has 66 valence electrons. The van der Waals surface area contributed by atoms with Crippen LogP contribution in [0.25, 0.3) is 5.57 Å². The molecule has 0 N–H and O–H groups in total. The molecule has 0 heterocycles. The molecule has 1 aromatic carbocycles. The topological polar surface area (TPSA) is 33.0 Å². The summed E-state index contributed by atoms with van der Waals surface area (Å²) in [7, 11) is 1.60. The van der Waals surface area contributed by atoms with Crippen LogP contribution in [0.2, 0.25) is 0 Å². The van der Waals surface area contributed by atoms with Crippen LogP contribution in [0.4, 0.5) is 0 Å². The predicted octanol–water partition coefficient (Wildman–Crippen LogP) is 2.54. The Labute approximate surface area is 78.1 Å². The van der Waals surface area contributed by atoms with Crippen molar-refractivity contribution in [1.82, 2.24) is 0 Å². The lowest BCUT2D eigenvalue weighted by atomic mass is 10.0. The second kappa shape index (κ2) is 3.77. The fraction of sp³-hybridized carbons (Fsp3) is 0.182. The average Bonchev–Trinajstić information content (AvgIpc) is 2.17. The molecule has 0 fully saturated rings. The Balaban J connectivity index is 3.20. The van der Waals surface area contributed by atoms with Crippen LogP contribution in [0.5, 0.6) is 5.75 Å². The van der Waals surface area contributed by atoms with Crippen molar-refractivity contribution in [3.63, 3.8) is 0 Å². The highest BCUT2D eigenvalue weighted by molar-refractivity contribution is 5.77. The normalized spacial score (nSPS) is 9.00. The number of benzene rings is 1. The lowest BCUT2D eigenvalue weighted by molar-refractivity contribution is 0.414. The smallest absolute Gasteiger partial charge is 0.119 e. The monoisotopic (exact) mass is 173 g/mol. The van der Waals surface area contributed by atoms with E-state index in [1.54, 1.807) is 7.11 Å². The van der Waals surface area contributed by atoms with E-state index in [1.165, 1.54) is 0 Å². The third-order valence-electron chi connectivity index (χ3n) is 1.90. The van der Waals surface area contributed by atoms with Crippen molar-refractivity contribution in [3.05, 3.63) is 35.9 Å². The molecule has 0 radical (unpaired) electrons. The second-order valence-corrected chi connectivity index (χ2v) is 2.77. The van der Waals surface area contributed by atoms with Crippen molar-refractivity contribution in [2.24, 2.45) is 0 Å². The molecule has 0 unspecified atom stereocenters. The molecule has 2 nitrogen and oxygen atoms in total. The minimum Gasteiger partial charge on any atom is -0.497 e. The van der Waals surface area contributed by atoms with Gasteiger partial charge in [0.1, 0.15) is 5.75 Å². The molecule has 0 bridgehead atoms. The highest BCUT2D eigenvalue weighted by Crippen LogP contribution is 2.22. The van der Waals surface area contributed by atoms with Gasteiger partial charge in [-0.25, -0.2) is 0 Å². The largest absolute Gasteiger partial charge is 0.497 e. The molecule has 0 aliphatic carbocycles. The van der Waals surface area contributed by atoms with E-state index in [0.717, 1.165) is 16.9 Å². The van der Waals surface area contributed by atoms with Gasteiger partial charge in [-0.05, 0) is 30.2 Å². The predicted molar refractivity (Wildman–Crippen MR) is 52.4 cm³/mol. The summed E-state index contributed by atoms with van der Waals surface area (Å²) in [4.78, 5) is 0. The molecular weight excluding hydrogens is 162 g/mol. The zero-order valence-electron chi connectivity index (χ0n) is 7.79. The van der Waals surface area contributed by atoms with Gasteiger partial charge in [0, 0.05) is 0 Å². The molecule has 0 spiro atoms. The molecule has 2 heteroatoms. The molecule has 13 heavy (non-hydrogen) atoms. The Bertz CT molecular complexity index is 374. The third-order valence-corrected chi connectivity index (χ3v) is 1.90. The number of allylic oxidation sites excluding steroid dienone is 1. The maximum Gasteiger partial charge on any atom is 0.119 e. The summed E-state index contributed by atoms with van der Waals surface area (Å²) >= 11 is 0. The van der Waals surface area contributed by atoms with Crippen molar-refractivity contribution in [2.45, 2.75) is 6.92 Å². The first-order valence-electron chi connectivity index (χ1n) is 3.93. The number of nitriles is 1. The van der Waals surface area contributed by atoms with Gasteiger partial charge in [-0.3, -0.25) is 0 Å². The molecule has 1 rings (SSSR count).